The first-order chi connectivity index (χ1) is 11.5. The number of aromatic nitrogens is 3. The zero-order valence-corrected chi connectivity index (χ0v) is 14.8. The summed E-state index contributed by atoms with van der Waals surface area (Å²) in [5.41, 5.74) is 0.863. The molecule has 3 rings (SSSR count). The number of imidazole rings is 1. The van der Waals surface area contributed by atoms with Gasteiger partial charge in [0.2, 0.25) is 0 Å². The molecule has 7 nitrogen and oxygen atoms in total. The van der Waals surface area contributed by atoms with Gasteiger partial charge in [-0.2, -0.15) is 17.4 Å². The molecular formula is C16H23N5O2S. The molecule has 8 heteroatoms. The van der Waals surface area contributed by atoms with Gasteiger partial charge in [-0.25, -0.2) is 9.97 Å². The molecule has 1 N–H and O–H groups in total. The first-order valence-electron chi connectivity index (χ1n) is 8.16. The van der Waals surface area contributed by atoms with Gasteiger partial charge in [0.25, 0.3) is 10.2 Å². The zero-order chi connectivity index (χ0) is 17.2. The molecule has 130 valence electrons. The Morgan fingerprint density at radius 3 is 2.88 bits per heavy atom. The summed E-state index contributed by atoms with van der Waals surface area (Å²) in [4.78, 5) is 8.50. The normalized spacial score (nSPS) is 19.5. The minimum Gasteiger partial charge on any atom is -0.288 e. The van der Waals surface area contributed by atoms with Crippen LogP contribution in [0.3, 0.4) is 0 Å². The Kier molecular flexibility index (Phi) is 4.98. The minimum absolute atomic E-state index is 0.247. The van der Waals surface area contributed by atoms with Crippen molar-refractivity contribution in [3.8, 4) is 5.82 Å². The number of nitrogens with one attached hydrogen (secondary N) is 1. The number of aryl methyl sites for hydroxylation is 1. The lowest BCUT2D eigenvalue weighted by molar-refractivity contribution is 0.278. The fourth-order valence-corrected chi connectivity index (χ4v) is 4.30. The molecule has 0 bridgehead atoms. The highest BCUT2D eigenvalue weighted by molar-refractivity contribution is 7.87. The molecule has 0 aliphatic carbocycles. The van der Waals surface area contributed by atoms with Gasteiger partial charge in [0.15, 0.2) is 0 Å². The van der Waals surface area contributed by atoms with Crippen molar-refractivity contribution in [2.24, 2.45) is 5.92 Å². The van der Waals surface area contributed by atoms with E-state index >= 15 is 0 Å². The van der Waals surface area contributed by atoms with Crippen molar-refractivity contribution in [3.63, 3.8) is 0 Å². The monoisotopic (exact) mass is 349 g/mol. The summed E-state index contributed by atoms with van der Waals surface area (Å²) in [5.74, 6) is 1.97. The Balaban J connectivity index is 1.69. The van der Waals surface area contributed by atoms with Gasteiger partial charge in [0, 0.05) is 38.2 Å². The molecular weight excluding hydrogens is 326 g/mol. The molecule has 1 unspecified atom stereocenters. The second kappa shape index (κ2) is 7.00. The molecule has 1 fully saturated rings. The summed E-state index contributed by atoms with van der Waals surface area (Å²) in [6.45, 7) is 5.41. The summed E-state index contributed by atoms with van der Waals surface area (Å²) in [6, 6.07) is 3.69. The van der Waals surface area contributed by atoms with Crippen LogP contribution in [0.5, 0.6) is 0 Å². The van der Waals surface area contributed by atoms with Crippen LogP contribution >= 0.6 is 0 Å². The fourth-order valence-electron chi connectivity index (χ4n) is 2.95. The van der Waals surface area contributed by atoms with Gasteiger partial charge in [-0.05, 0) is 43.4 Å². The van der Waals surface area contributed by atoms with Crippen LogP contribution < -0.4 is 4.72 Å². The molecule has 1 saturated heterocycles. The number of rotatable bonds is 5. The third-order valence-electron chi connectivity index (χ3n) is 4.30. The third kappa shape index (κ3) is 3.82. The summed E-state index contributed by atoms with van der Waals surface area (Å²) in [5, 5.41) is 0. The third-order valence-corrected chi connectivity index (χ3v) is 5.82. The average molecular weight is 349 g/mol. The van der Waals surface area contributed by atoms with Crippen molar-refractivity contribution in [3.05, 3.63) is 42.1 Å². The van der Waals surface area contributed by atoms with Crippen molar-refractivity contribution >= 4 is 10.2 Å². The Bertz CT molecular complexity index is 802. The standard InChI is InChI=1S/C16H23N5O2S/c1-13-4-3-8-20(12-13)24(22,23)19-11-15-5-6-18-16(10-15)21-9-7-17-14(21)2/h5-7,9-10,13,19H,3-4,8,11-12H2,1-2H3. The van der Waals surface area contributed by atoms with E-state index in [9.17, 15) is 8.42 Å². The van der Waals surface area contributed by atoms with Crippen LogP contribution in [0.4, 0.5) is 0 Å². The molecule has 1 aliphatic heterocycles. The molecule has 1 aliphatic rings. The first kappa shape index (κ1) is 17.1. The molecule has 3 heterocycles. The largest absolute Gasteiger partial charge is 0.288 e. The van der Waals surface area contributed by atoms with E-state index in [2.05, 4.69) is 21.6 Å². The number of nitrogens with zero attached hydrogens (tertiary/aromatic N) is 4. The highest BCUT2D eigenvalue weighted by atomic mass is 32.2. The highest BCUT2D eigenvalue weighted by Crippen LogP contribution is 2.18. The Morgan fingerprint density at radius 2 is 2.17 bits per heavy atom. The van der Waals surface area contributed by atoms with Gasteiger partial charge in [0.1, 0.15) is 11.6 Å². The Hall–Kier alpha value is -1.77. The topological polar surface area (TPSA) is 80.1 Å². The van der Waals surface area contributed by atoms with E-state index in [1.165, 1.54) is 0 Å². The molecule has 0 amide bonds. The van der Waals surface area contributed by atoms with E-state index in [1.54, 1.807) is 16.7 Å². The van der Waals surface area contributed by atoms with E-state index < -0.39 is 10.2 Å². The van der Waals surface area contributed by atoms with Gasteiger partial charge < -0.3 is 0 Å². The Morgan fingerprint density at radius 1 is 1.33 bits per heavy atom. The van der Waals surface area contributed by atoms with Crippen molar-refractivity contribution < 1.29 is 8.42 Å². The van der Waals surface area contributed by atoms with E-state index in [0.29, 0.717) is 19.0 Å². The zero-order valence-electron chi connectivity index (χ0n) is 14.0. The van der Waals surface area contributed by atoms with Crippen LogP contribution in [0.25, 0.3) is 5.82 Å². The van der Waals surface area contributed by atoms with Crippen molar-refractivity contribution in [2.45, 2.75) is 33.2 Å². The van der Waals surface area contributed by atoms with Gasteiger partial charge >= 0.3 is 0 Å². The van der Waals surface area contributed by atoms with E-state index in [0.717, 1.165) is 30.0 Å². The lowest BCUT2D eigenvalue weighted by Gasteiger charge is -2.30. The summed E-state index contributed by atoms with van der Waals surface area (Å²) >= 11 is 0. The molecule has 0 saturated carbocycles. The second-order valence-corrected chi connectivity index (χ2v) is 8.05. The van der Waals surface area contributed by atoms with E-state index in [1.807, 2.05) is 29.8 Å². The minimum atomic E-state index is -3.45. The van der Waals surface area contributed by atoms with Crippen LogP contribution in [0.1, 0.15) is 31.2 Å². The lowest BCUT2D eigenvalue weighted by Crippen LogP contribution is -2.45. The predicted molar refractivity (Wildman–Crippen MR) is 91.8 cm³/mol. The maximum absolute atomic E-state index is 12.5. The second-order valence-electron chi connectivity index (χ2n) is 6.30. The summed E-state index contributed by atoms with van der Waals surface area (Å²) in [7, 11) is -3.45. The number of hydrogen-bond acceptors (Lipinski definition) is 4. The SMILES string of the molecule is Cc1nccn1-c1cc(CNS(=O)(=O)N2CCCC(C)C2)ccn1. The highest BCUT2D eigenvalue weighted by Gasteiger charge is 2.26. The fraction of sp³-hybridized carbons (Fsp3) is 0.500. The van der Waals surface area contributed by atoms with Crippen LogP contribution in [0, 0.1) is 12.8 Å². The van der Waals surface area contributed by atoms with Crippen molar-refractivity contribution in [2.75, 3.05) is 13.1 Å². The van der Waals surface area contributed by atoms with E-state index in [-0.39, 0.29) is 6.54 Å². The molecule has 2 aromatic rings. The van der Waals surface area contributed by atoms with Gasteiger partial charge in [0.05, 0.1) is 0 Å². The van der Waals surface area contributed by atoms with Crippen molar-refractivity contribution in [1.29, 1.82) is 0 Å². The van der Waals surface area contributed by atoms with Crippen LogP contribution in [-0.4, -0.2) is 40.3 Å². The van der Waals surface area contributed by atoms with Crippen LogP contribution in [0.2, 0.25) is 0 Å². The lowest BCUT2D eigenvalue weighted by atomic mass is 10.0. The van der Waals surface area contributed by atoms with Crippen LogP contribution in [0.15, 0.2) is 30.7 Å². The van der Waals surface area contributed by atoms with Crippen molar-refractivity contribution in [1.82, 2.24) is 23.6 Å². The molecule has 2 aromatic heterocycles. The number of pyridine rings is 1. The van der Waals surface area contributed by atoms with Gasteiger partial charge in [-0.1, -0.05) is 6.92 Å². The first-order valence-corrected chi connectivity index (χ1v) is 9.60. The molecule has 1 atom stereocenters. The number of piperidine rings is 1. The molecule has 0 radical (unpaired) electrons. The molecule has 0 spiro atoms. The molecule has 0 aromatic carbocycles. The quantitative estimate of drug-likeness (QED) is 0.890. The van der Waals surface area contributed by atoms with E-state index in [4.69, 9.17) is 0 Å². The predicted octanol–water partition coefficient (Wildman–Crippen LogP) is 1.64. The maximum Gasteiger partial charge on any atom is 0.279 e. The van der Waals surface area contributed by atoms with Crippen LogP contribution in [-0.2, 0) is 16.8 Å². The average Bonchev–Trinajstić information content (AvgIpc) is 2.99. The summed E-state index contributed by atoms with van der Waals surface area (Å²) in [6.07, 6.45) is 7.23. The van der Waals surface area contributed by atoms with Gasteiger partial charge in [-0.15, -0.1) is 0 Å². The summed E-state index contributed by atoms with van der Waals surface area (Å²) < 4.78 is 31.0. The van der Waals surface area contributed by atoms with Gasteiger partial charge in [-0.3, -0.25) is 4.57 Å². The Labute approximate surface area is 142 Å². The maximum atomic E-state index is 12.5. The number of hydrogen-bond donors (Lipinski definition) is 1. The smallest absolute Gasteiger partial charge is 0.279 e. The molecule has 24 heavy (non-hydrogen) atoms.